The number of amides is 1. The van der Waals surface area contributed by atoms with Crippen molar-refractivity contribution in [1.29, 1.82) is 0 Å². The van der Waals surface area contributed by atoms with E-state index in [1.165, 1.54) is 11.9 Å². The summed E-state index contributed by atoms with van der Waals surface area (Å²) in [4.78, 5) is 12.1. The van der Waals surface area contributed by atoms with E-state index in [4.69, 9.17) is 5.73 Å². The molecular weight excluding hydrogens is 196 g/mol. The number of primary amides is 1. The number of nitrogens with two attached hydrogens (primary N) is 1. The van der Waals surface area contributed by atoms with E-state index >= 15 is 0 Å². The highest BCUT2D eigenvalue weighted by atomic mass is 32.2. The molecular formula is C10H14N2OS. The average Bonchev–Trinajstić information content (AvgIpc) is 2.13. The number of rotatable bonds is 3. The predicted octanol–water partition coefficient (Wildman–Crippen LogP) is 1.63. The third-order valence-corrected chi connectivity index (χ3v) is 3.08. The van der Waals surface area contributed by atoms with Crippen molar-refractivity contribution < 1.29 is 4.79 Å². The zero-order valence-corrected chi connectivity index (χ0v) is 9.37. The van der Waals surface area contributed by atoms with Crippen molar-refractivity contribution in [1.82, 2.24) is 4.72 Å². The highest BCUT2D eigenvalue weighted by molar-refractivity contribution is 7.97. The van der Waals surface area contributed by atoms with Gasteiger partial charge in [0.05, 0.1) is 5.56 Å². The SMILES string of the molecule is CNSc1c(C(N)=O)ccc(C)c1C. The third-order valence-electron chi connectivity index (χ3n) is 2.15. The maximum Gasteiger partial charge on any atom is 0.249 e. The maximum atomic E-state index is 11.1. The molecule has 0 aromatic heterocycles. The second kappa shape index (κ2) is 4.48. The molecule has 14 heavy (non-hydrogen) atoms. The van der Waals surface area contributed by atoms with Crippen molar-refractivity contribution in [2.24, 2.45) is 5.73 Å². The number of hydrogen-bond acceptors (Lipinski definition) is 3. The molecule has 0 aliphatic rings. The van der Waals surface area contributed by atoms with Crippen molar-refractivity contribution in [3.05, 3.63) is 28.8 Å². The molecule has 0 atom stereocenters. The molecule has 0 bridgehead atoms. The Morgan fingerprint density at radius 3 is 2.57 bits per heavy atom. The summed E-state index contributed by atoms with van der Waals surface area (Å²) in [5, 5.41) is 0. The number of carbonyl (C=O) groups excluding carboxylic acids is 1. The van der Waals surface area contributed by atoms with Crippen LogP contribution in [0.5, 0.6) is 0 Å². The smallest absolute Gasteiger partial charge is 0.249 e. The van der Waals surface area contributed by atoms with Crippen LogP contribution in [0.2, 0.25) is 0 Å². The van der Waals surface area contributed by atoms with Gasteiger partial charge in [0.1, 0.15) is 0 Å². The molecule has 1 aromatic carbocycles. The van der Waals surface area contributed by atoms with E-state index in [1.807, 2.05) is 27.0 Å². The van der Waals surface area contributed by atoms with Gasteiger partial charge in [0.15, 0.2) is 0 Å². The summed E-state index contributed by atoms with van der Waals surface area (Å²) >= 11 is 1.42. The Morgan fingerprint density at radius 2 is 2.07 bits per heavy atom. The fourth-order valence-electron chi connectivity index (χ4n) is 1.22. The fourth-order valence-corrected chi connectivity index (χ4v) is 2.01. The van der Waals surface area contributed by atoms with Gasteiger partial charge in [0.25, 0.3) is 0 Å². The second-order valence-corrected chi connectivity index (χ2v) is 4.08. The van der Waals surface area contributed by atoms with Crippen molar-refractivity contribution in [3.63, 3.8) is 0 Å². The van der Waals surface area contributed by atoms with E-state index in [0.717, 1.165) is 16.0 Å². The topological polar surface area (TPSA) is 55.1 Å². The largest absolute Gasteiger partial charge is 0.366 e. The summed E-state index contributed by atoms with van der Waals surface area (Å²) in [5.74, 6) is -0.383. The molecule has 4 heteroatoms. The standard InChI is InChI=1S/C10H14N2OS/c1-6-4-5-8(10(11)13)9(7(6)2)14-12-3/h4-5,12H,1-3H3,(H2,11,13). The second-order valence-electron chi connectivity index (χ2n) is 3.05. The van der Waals surface area contributed by atoms with Crippen LogP contribution in [0.25, 0.3) is 0 Å². The molecule has 0 saturated carbocycles. The Kier molecular flexibility index (Phi) is 3.55. The molecule has 1 amide bonds. The van der Waals surface area contributed by atoms with Gasteiger partial charge >= 0.3 is 0 Å². The molecule has 0 unspecified atom stereocenters. The van der Waals surface area contributed by atoms with Crippen LogP contribution < -0.4 is 10.5 Å². The number of aryl methyl sites for hydroxylation is 1. The minimum atomic E-state index is -0.383. The number of carbonyl (C=O) groups is 1. The van der Waals surface area contributed by atoms with Gasteiger partial charge in [0.2, 0.25) is 5.91 Å². The Bertz CT molecular complexity index is 363. The van der Waals surface area contributed by atoms with Crippen LogP contribution in [0.4, 0.5) is 0 Å². The summed E-state index contributed by atoms with van der Waals surface area (Å²) in [6.45, 7) is 4.00. The zero-order chi connectivity index (χ0) is 10.7. The van der Waals surface area contributed by atoms with Gasteiger partial charge in [-0.1, -0.05) is 6.07 Å². The summed E-state index contributed by atoms with van der Waals surface area (Å²) in [7, 11) is 1.82. The average molecular weight is 210 g/mol. The Morgan fingerprint density at radius 1 is 1.43 bits per heavy atom. The quantitative estimate of drug-likeness (QED) is 0.745. The van der Waals surface area contributed by atoms with Crippen LogP contribution in [0, 0.1) is 13.8 Å². The molecule has 0 fully saturated rings. The molecule has 0 spiro atoms. The first-order chi connectivity index (χ1) is 6.57. The minimum absolute atomic E-state index is 0.383. The lowest BCUT2D eigenvalue weighted by atomic mass is 10.1. The fraction of sp³-hybridized carbons (Fsp3) is 0.300. The molecule has 3 nitrogen and oxygen atoms in total. The van der Waals surface area contributed by atoms with Gasteiger partial charge in [-0.15, -0.1) is 0 Å². The Hall–Kier alpha value is -1.00. The van der Waals surface area contributed by atoms with Crippen molar-refractivity contribution >= 4 is 17.9 Å². The maximum absolute atomic E-state index is 11.1. The van der Waals surface area contributed by atoms with Crippen LogP contribution in [0.15, 0.2) is 17.0 Å². The first kappa shape index (κ1) is 11.1. The van der Waals surface area contributed by atoms with E-state index in [2.05, 4.69) is 4.72 Å². The van der Waals surface area contributed by atoms with Gasteiger partial charge in [-0.05, 0) is 50.0 Å². The van der Waals surface area contributed by atoms with Gasteiger partial charge < -0.3 is 5.73 Å². The van der Waals surface area contributed by atoms with Gasteiger partial charge in [0, 0.05) is 4.90 Å². The normalized spacial score (nSPS) is 10.2. The summed E-state index contributed by atoms with van der Waals surface area (Å²) in [6, 6.07) is 3.68. The minimum Gasteiger partial charge on any atom is -0.366 e. The van der Waals surface area contributed by atoms with Gasteiger partial charge in [-0.3, -0.25) is 9.52 Å². The molecule has 0 aliphatic heterocycles. The van der Waals surface area contributed by atoms with Crippen LogP contribution in [0.3, 0.4) is 0 Å². The molecule has 0 heterocycles. The van der Waals surface area contributed by atoms with E-state index in [9.17, 15) is 4.79 Å². The van der Waals surface area contributed by atoms with Crippen LogP contribution in [0.1, 0.15) is 21.5 Å². The van der Waals surface area contributed by atoms with E-state index in [0.29, 0.717) is 5.56 Å². The summed E-state index contributed by atoms with van der Waals surface area (Å²) in [5.41, 5.74) is 8.12. The van der Waals surface area contributed by atoms with Crippen molar-refractivity contribution in [3.8, 4) is 0 Å². The number of benzene rings is 1. The van der Waals surface area contributed by atoms with Crippen molar-refractivity contribution in [2.75, 3.05) is 7.05 Å². The van der Waals surface area contributed by atoms with Crippen LogP contribution in [-0.4, -0.2) is 13.0 Å². The molecule has 0 saturated heterocycles. The summed E-state index contributed by atoms with van der Waals surface area (Å²) in [6.07, 6.45) is 0. The lowest BCUT2D eigenvalue weighted by Crippen LogP contribution is -2.14. The van der Waals surface area contributed by atoms with Gasteiger partial charge in [-0.2, -0.15) is 0 Å². The molecule has 76 valence electrons. The highest BCUT2D eigenvalue weighted by Gasteiger charge is 2.11. The zero-order valence-electron chi connectivity index (χ0n) is 8.55. The molecule has 1 rings (SSSR count). The Balaban J connectivity index is 3.29. The summed E-state index contributed by atoms with van der Waals surface area (Å²) < 4.78 is 2.96. The molecule has 1 aromatic rings. The van der Waals surface area contributed by atoms with Gasteiger partial charge in [-0.25, -0.2) is 0 Å². The van der Waals surface area contributed by atoms with Crippen LogP contribution >= 0.6 is 11.9 Å². The van der Waals surface area contributed by atoms with E-state index in [1.54, 1.807) is 6.07 Å². The lowest BCUT2D eigenvalue weighted by molar-refractivity contribution is 0.0997. The monoisotopic (exact) mass is 210 g/mol. The lowest BCUT2D eigenvalue weighted by Gasteiger charge is -2.11. The first-order valence-corrected chi connectivity index (χ1v) is 5.13. The number of hydrogen-bond donors (Lipinski definition) is 2. The highest BCUT2D eigenvalue weighted by Crippen LogP contribution is 2.26. The first-order valence-electron chi connectivity index (χ1n) is 4.31. The molecule has 0 aliphatic carbocycles. The van der Waals surface area contributed by atoms with Crippen LogP contribution in [-0.2, 0) is 0 Å². The predicted molar refractivity (Wildman–Crippen MR) is 59.4 cm³/mol. The molecule has 0 radical (unpaired) electrons. The van der Waals surface area contributed by atoms with E-state index in [-0.39, 0.29) is 5.91 Å². The number of nitrogens with one attached hydrogen (secondary N) is 1. The molecule has 3 N–H and O–H groups in total. The van der Waals surface area contributed by atoms with Crippen molar-refractivity contribution in [2.45, 2.75) is 18.7 Å². The van der Waals surface area contributed by atoms with E-state index < -0.39 is 0 Å². The third kappa shape index (κ3) is 2.08. The Labute approximate surface area is 88.2 Å².